The zero-order valence-corrected chi connectivity index (χ0v) is 14.0. The summed E-state index contributed by atoms with van der Waals surface area (Å²) in [5.41, 5.74) is 6.51. The van der Waals surface area contributed by atoms with E-state index in [0.717, 1.165) is 6.42 Å². The fourth-order valence-corrected chi connectivity index (χ4v) is 4.29. The SMILES string of the molecule is C1=C[C@@H]2c3cc(-c4ccccc4)ccc3N[C@@H](c3cccnc3)[C@@H]2C1. The second kappa shape index (κ2) is 5.89. The Morgan fingerprint density at radius 3 is 2.68 bits per heavy atom. The predicted molar refractivity (Wildman–Crippen MR) is 102 cm³/mol. The van der Waals surface area contributed by atoms with Crippen molar-refractivity contribution < 1.29 is 0 Å². The fourth-order valence-electron chi connectivity index (χ4n) is 4.29. The predicted octanol–water partition coefficient (Wildman–Crippen LogP) is 5.58. The number of nitrogens with zero attached hydrogens (tertiary/aromatic N) is 1. The molecule has 0 amide bonds. The Hall–Kier alpha value is -2.87. The molecule has 0 unspecified atom stereocenters. The second-order valence-corrected chi connectivity index (χ2v) is 6.93. The molecule has 0 radical (unpaired) electrons. The van der Waals surface area contributed by atoms with E-state index in [2.05, 4.69) is 77.1 Å². The first kappa shape index (κ1) is 14.5. The van der Waals surface area contributed by atoms with Gasteiger partial charge in [0.05, 0.1) is 6.04 Å². The van der Waals surface area contributed by atoms with Crippen LogP contribution < -0.4 is 5.32 Å². The van der Waals surface area contributed by atoms with Crippen molar-refractivity contribution in [2.24, 2.45) is 5.92 Å². The molecule has 5 rings (SSSR count). The fraction of sp³-hybridized carbons (Fsp3) is 0.174. The van der Waals surface area contributed by atoms with Crippen LogP contribution in [0.25, 0.3) is 11.1 Å². The molecule has 1 aliphatic carbocycles. The van der Waals surface area contributed by atoms with Gasteiger partial charge in [0.15, 0.2) is 0 Å². The van der Waals surface area contributed by atoms with Gasteiger partial charge in [-0.25, -0.2) is 0 Å². The maximum absolute atomic E-state index is 4.32. The highest BCUT2D eigenvalue weighted by molar-refractivity contribution is 5.71. The highest BCUT2D eigenvalue weighted by Gasteiger charge is 2.37. The van der Waals surface area contributed by atoms with E-state index in [4.69, 9.17) is 0 Å². The van der Waals surface area contributed by atoms with Gasteiger partial charge >= 0.3 is 0 Å². The number of hydrogen-bond acceptors (Lipinski definition) is 2. The van der Waals surface area contributed by atoms with Crippen LogP contribution in [0.15, 0.2) is 85.2 Å². The number of pyridine rings is 1. The van der Waals surface area contributed by atoms with Crippen LogP contribution in [-0.2, 0) is 0 Å². The Morgan fingerprint density at radius 1 is 0.920 bits per heavy atom. The van der Waals surface area contributed by atoms with Gasteiger partial charge in [0.2, 0.25) is 0 Å². The maximum atomic E-state index is 4.32. The van der Waals surface area contributed by atoms with Crippen molar-refractivity contribution in [3.63, 3.8) is 0 Å². The number of allylic oxidation sites excluding steroid dienone is 2. The van der Waals surface area contributed by atoms with E-state index >= 15 is 0 Å². The van der Waals surface area contributed by atoms with E-state index in [-0.39, 0.29) is 0 Å². The third-order valence-electron chi connectivity index (χ3n) is 5.51. The van der Waals surface area contributed by atoms with E-state index in [1.54, 1.807) is 0 Å². The van der Waals surface area contributed by atoms with Crippen molar-refractivity contribution in [1.82, 2.24) is 4.98 Å². The summed E-state index contributed by atoms with van der Waals surface area (Å²) in [6, 6.07) is 22.0. The Kier molecular flexibility index (Phi) is 3.41. The average molecular weight is 324 g/mol. The molecule has 0 saturated carbocycles. The lowest BCUT2D eigenvalue weighted by Crippen LogP contribution is -2.29. The zero-order valence-electron chi connectivity index (χ0n) is 14.0. The Labute approximate surface area is 148 Å². The zero-order chi connectivity index (χ0) is 16.6. The first-order valence-corrected chi connectivity index (χ1v) is 8.92. The molecule has 0 bridgehead atoms. The Balaban J connectivity index is 1.58. The molecule has 0 spiro atoms. The maximum Gasteiger partial charge on any atom is 0.0569 e. The summed E-state index contributed by atoms with van der Waals surface area (Å²) in [4.78, 5) is 4.32. The van der Waals surface area contributed by atoms with Crippen molar-refractivity contribution in [2.45, 2.75) is 18.4 Å². The minimum atomic E-state index is 0.323. The second-order valence-electron chi connectivity index (χ2n) is 6.93. The lowest BCUT2D eigenvalue weighted by atomic mass is 9.76. The van der Waals surface area contributed by atoms with Crippen LogP contribution in [-0.4, -0.2) is 4.98 Å². The van der Waals surface area contributed by atoms with Gasteiger partial charge in [0.1, 0.15) is 0 Å². The molecule has 2 aliphatic rings. The van der Waals surface area contributed by atoms with Gasteiger partial charge in [0, 0.05) is 24.0 Å². The number of hydrogen-bond donors (Lipinski definition) is 1. The number of nitrogens with one attached hydrogen (secondary N) is 1. The topological polar surface area (TPSA) is 24.9 Å². The van der Waals surface area contributed by atoms with Crippen LogP contribution >= 0.6 is 0 Å². The van der Waals surface area contributed by atoms with Crippen LogP contribution in [0.2, 0.25) is 0 Å². The first-order valence-electron chi connectivity index (χ1n) is 8.92. The highest BCUT2D eigenvalue weighted by Crippen LogP contribution is 2.50. The summed E-state index contributed by atoms with van der Waals surface area (Å²) in [5, 5.41) is 3.78. The van der Waals surface area contributed by atoms with Crippen LogP contribution in [0, 0.1) is 5.92 Å². The molecule has 1 N–H and O–H groups in total. The summed E-state index contributed by atoms with van der Waals surface area (Å²) in [5.74, 6) is 1.04. The van der Waals surface area contributed by atoms with E-state index in [0.29, 0.717) is 17.9 Å². The van der Waals surface area contributed by atoms with Crippen molar-refractivity contribution in [3.8, 4) is 11.1 Å². The molecule has 2 heterocycles. The highest BCUT2D eigenvalue weighted by atomic mass is 15.0. The van der Waals surface area contributed by atoms with Crippen molar-refractivity contribution in [2.75, 3.05) is 5.32 Å². The average Bonchev–Trinajstić information content (AvgIpc) is 3.18. The lowest BCUT2D eigenvalue weighted by Gasteiger charge is -2.37. The summed E-state index contributed by atoms with van der Waals surface area (Å²) in [6.45, 7) is 0. The van der Waals surface area contributed by atoms with Crippen molar-refractivity contribution in [1.29, 1.82) is 0 Å². The minimum absolute atomic E-state index is 0.323. The molecule has 3 atom stereocenters. The summed E-state index contributed by atoms with van der Waals surface area (Å²) >= 11 is 0. The standard InChI is InChI=1S/C23H20N2/c1-2-6-16(7-3-1)17-11-12-22-21(14-17)19-9-4-10-20(19)23(25-22)18-8-5-13-24-15-18/h1-9,11-15,19-20,23,25H,10H2/t19-,20+,23-/m0/s1. The molecular formula is C23H20N2. The minimum Gasteiger partial charge on any atom is -0.378 e. The smallest absolute Gasteiger partial charge is 0.0569 e. The van der Waals surface area contributed by atoms with Crippen LogP contribution in [0.1, 0.15) is 29.5 Å². The van der Waals surface area contributed by atoms with Crippen molar-refractivity contribution in [3.05, 3.63) is 96.3 Å². The molecule has 1 aliphatic heterocycles. The van der Waals surface area contributed by atoms with Crippen LogP contribution in [0.4, 0.5) is 5.69 Å². The van der Waals surface area contributed by atoms with E-state index in [1.165, 1.54) is 27.9 Å². The van der Waals surface area contributed by atoms with Gasteiger partial charge in [0.25, 0.3) is 0 Å². The quantitative estimate of drug-likeness (QED) is 0.623. The number of fused-ring (bicyclic) bond motifs is 3. The van der Waals surface area contributed by atoms with Crippen molar-refractivity contribution >= 4 is 5.69 Å². The number of benzene rings is 2. The van der Waals surface area contributed by atoms with E-state index < -0.39 is 0 Å². The molecule has 0 saturated heterocycles. The van der Waals surface area contributed by atoms with E-state index in [9.17, 15) is 0 Å². The molecule has 122 valence electrons. The monoisotopic (exact) mass is 324 g/mol. The number of anilines is 1. The molecule has 2 nitrogen and oxygen atoms in total. The van der Waals surface area contributed by atoms with E-state index in [1.807, 2.05) is 18.5 Å². The summed E-state index contributed by atoms with van der Waals surface area (Å²) in [6.07, 6.45) is 9.69. The molecule has 3 aromatic rings. The molecule has 0 fully saturated rings. The summed E-state index contributed by atoms with van der Waals surface area (Å²) < 4.78 is 0. The van der Waals surface area contributed by atoms with Crippen LogP contribution in [0.5, 0.6) is 0 Å². The van der Waals surface area contributed by atoms with Gasteiger partial charge in [-0.1, -0.05) is 54.6 Å². The largest absolute Gasteiger partial charge is 0.378 e. The summed E-state index contributed by atoms with van der Waals surface area (Å²) in [7, 11) is 0. The molecule has 1 aromatic heterocycles. The van der Waals surface area contributed by atoms with Gasteiger partial charge in [-0.2, -0.15) is 0 Å². The molecule has 25 heavy (non-hydrogen) atoms. The molecule has 2 aromatic carbocycles. The first-order chi connectivity index (χ1) is 12.4. The van der Waals surface area contributed by atoms with Gasteiger partial charge < -0.3 is 5.32 Å². The number of rotatable bonds is 2. The molecule has 2 heteroatoms. The van der Waals surface area contributed by atoms with Gasteiger partial charge in [-0.05, 0) is 52.8 Å². The number of aromatic nitrogens is 1. The Bertz CT molecular complexity index is 915. The molecular weight excluding hydrogens is 304 g/mol. The third-order valence-corrected chi connectivity index (χ3v) is 5.51. The van der Waals surface area contributed by atoms with Crippen LogP contribution in [0.3, 0.4) is 0 Å². The van der Waals surface area contributed by atoms with Gasteiger partial charge in [-0.15, -0.1) is 0 Å². The lowest BCUT2D eigenvalue weighted by molar-refractivity contribution is 0.425. The normalized spacial score (nSPS) is 23.6. The Morgan fingerprint density at radius 2 is 1.84 bits per heavy atom. The van der Waals surface area contributed by atoms with Gasteiger partial charge in [-0.3, -0.25) is 4.98 Å². The third kappa shape index (κ3) is 2.45.